The van der Waals surface area contributed by atoms with Crippen LogP contribution in [0.5, 0.6) is 23.0 Å². The van der Waals surface area contributed by atoms with Gasteiger partial charge in [-0.15, -0.1) is 0 Å². The molecular formula is C23H30O5. The third-order valence-electron chi connectivity index (χ3n) is 4.45. The summed E-state index contributed by atoms with van der Waals surface area (Å²) in [6, 6.07) is 9.16. The van der Waals surface area contributed by atoms with Crippen molar-refractivity contribution in [3.05, 3.63) is 47.5 Å². The number of rotatable bonds is 12. The molecule has 0 aliphatic rings. The fourth-order valence-electron chi connectivity index (χ4n) is 2.78. The molecule has 2 aromatic carbocycles. The van der Waals surface area contributed by atoms with Crippen LogP contribution in [0.3, 0.4) is 0 Å². The van der Waals surface area contributed by atoms with E-state index in [1.807, 2.05) is 0 Å². The van der Waals surface area contributed by atoms with Gasteiger partial charge in [0.1, 0.15) is 0 Å². The summed E-state index contributed by atoms with van der Waals surface area (Å²) < 4.78 is 11.2. The SMILES string of the molecule is CCCCCOc1cc(C(=O)c2ccc(O)c(OCCCCC)c2)ccc1O. The summed E-state index contributed by atoms with van der Waals surface area (Å²) in [6.45, 7) is 5.20. The molecule has 0 amide bonds. The molecular weight excluding hydrogens is 356 g/mol. The van der Waals surface area contributed by atoms with E-state index < -0.39 is 0 Å². The van der Waals surface area contributed by atoms with Gasteiger partial charge in [0.15, 0.2) is 28.8 Å². The lowest BCUT2D eigenvalue weighted by atomic mass is 10.0. The molecule has 0 unspecified atom stereocenters. The lowest BCUT2D eigenvalue weighted by molar-refractivity contribution is 0.103. The van der Waals surface area contributed by atoms with Gasteiger partial charge in [0, 0.05) is 11.1 Å². The average Bonchev–Trinajstić information content (AvgIpc) is 2.70. The summed E-state index contributed by atoms with van der Waals surface area (Å²) in [6.07, 6.45) is 6.05. The highest BCUT2D eigenvalue weighted by atomic mass is 16.5. The van der Waals surface area contributed by atoms with Crippen molar-refractivity contribution in [3.63, 3.8) is 0 Å². The Balaban J connectivity index is 2.12. The van der Waals surface area contributed by atoms with Gasteiger partial charge in [0.05, 0.1) is 13.2 Å². The van der Waals surface area contributed by atoms with Crippen LogP contribution >= 0.6 is 0 Å². The minimum absolute atomic E-state index is 0.0127. The largest absolute Gasteiger partial charge is 0.504 e. The zero-order valence-corrected chi connectivity index (χ0v) is 16.7. The van der Waals surface area contributed by atoms with E-state index in [0.717, 1.165) is 38.5 Å². The van der Waals surface area contributed by atoms with Crippen molar-refractivity contribution >= 4 is 5.78 Å². The molecule has 5 nitrogen and oxygen atoms in total. The van der Waals surface area contributed by atoms with E-state index in [-0.39, 0.29) is 17.3 Å². The van der Waals surface area contributed by atoms with Crippen LogP contribution < -0.4 is 9.47 Å². The first kappa shape index (κ1) is 21.6. The average molecular weight is 386 g/mol. The molecule has 0 aliphatic heterocycles. The maximum absolute atomic E-state index is 12.9. The number of hydrogen-bond acceptors (Lipinski definition) is 5. The predicted octanol–water partition coefficient (Wildman–Crippen LogP) is 5.47. The number of carbonyl (C=O) groups is 1. The van der Waals surface area contributed by atoms with E-state index >= 15 is 0 Å². The Bertz CT molecular complexity index is 706. The van der Waals surface area contributed by atoms with Crippen molar-refractivity contribution in [2.24, 2.45) is 0 Å². The Morgan fingerprint density at radius 3 is 1.57 bits per heavy atom. The minimum Gasteiger partial charge on any atom is -0.504 e. The summed E-state index contributed by atoms with van der Waals surface area (Å²) in [7, 11) is 0. The quantitative estimate of drug-likeness (QED) is 0.374. The van der Waals surface area contributed by atoms with Gasteiger partial charge in [-0.1, -0.05) is 39.5 Å². The first-order chi connectivity index (χ1) is 13.6. The van der Waals surface area contributed by atoms with Crippen molar-refractivity contribution in [1.29, 1.82) is 0 Å². The summed E-state index contributed by atoms with van der Waals surface area (Å²) in [4.78, 5) is 12.9. The molecule has 0 saturated carbocycles. The number of phenols is 2. The molecule has 0 bridgehead atoms. The highest BCUT2D eigenvalue weighted by Crippen LogP contribution is 2.31. The van der Waals surface area contributed by atoms with E-state index in [1.54, 1.807) is 24.3 Å². The summed E-state index contributed by atoms with van der Waals surface area (Å²) in [5, 5.41) is 20.0. The smallest absolute Gasteiger partial charge is 0.193 e. The molecule has 28 heavy (non-hydrogen) atoms. The summed E-state index contributed by atoms with van der Waals surface area (Å²) in [5.41, 5.74) is 0.817. The lowest BCUT2D eigenvalue weighted by Crippen LogP contribution is -2.04. The number of benzene rings is 2. The molecule has 0 spiro atoms. The van der Waals surface area contributed by atoms with E-state index in [1.165, 1.54) is 12.1 Å². The Hall–Kier alpha value is -2.69. The monoisotopic (exact) mass is 386 g/mol. The van der Waals surface area contributed by atoms with Gasteiger partial charge >= 0.3 is 0 Å². The van der Waals surface area contributed by atoms with Crippen LogP contribution in [-0.2, 0) is 0 Å². The maximum Gasteiger partial charge on any atom is 0.193 e. The van der Waals surface area contributed by atoms with Crippen LogP contribution in [0.4, 0.5) is 0 Å². The fraction of sp³-hybridized carbons (Fsp3) is 0.435. The Labute approximate surface area is 166 Å². The number of ketones is 1. The second-order valence-corrected chi connectivity index (χ2v) is 6.81. The second kappa shape index (κ2) is 11.2. The van der Waals surface area contributed by atoms with Gasteiger partial charge in [-0.05, 0) is 49.2 Å². The van der Waals surface area contributed by atoms with Gasteiger partial charge in [0.25, 0.3) is 0 Å². The highest BCUT2D eigenvalue weighted by molar-refractivity contribution is 6.09. The number of ether oxygens (including phenoxy) is 2. The van der Waals surface area contributed by atoms with Crippen molar-refractivity contribution in [3.8, 4) is 23.0 Å². The van der Waals surface area contributed by atoms with Crippen LogP contribution in [0.15, 0.2) is 36.4 Å². The molecule has 152 valence electrons. The topological polar surface area (TPSA) is 76.0 Å². The molecule has 0 fully saturated rings. The van der Waals surface area contributed by atoms with Gasteiger partial charge in [-0.3, -0.25) is 4.79 Å². The molecule has 2 aromatic rings. The summed E-state index contributed by atoms with van der Waals surface area (Å²) >= 11 is 0. The van der Waals surface area contributed by atoms with E-state index in [0.29, 0.717) is 35.8 Å². The standard InChI is InChI=1S/C23H30O5/c1-3-5-7-13-27-21-15-17(9-11-19(21)24)23(26)18-10-12-20(25)22(16-18)28-14-8-6-4-2/h9-12,15-16,24-25H,3-8,13-14H2,1-2H3. The molecule has 0 atom stereocenters. The Morgan fingerprint density at radius 2 is 1.18 bits per heavy atom. The van der Waals surface area contributed by atoms with Crippen LogP contribution in [-0.4, -0.2) is 29.2 Å². The van der Waals surface area contributed by atoms with Crippen molar-refractivity contribution in [1.82, 2.24) is 0 Å². The van der Waals surface area contributed by atoms with E-state index in [2.05, 4.69) is 13.8 Å². The molecule has 0 aliphatic carbocycles. The number of unbranched alkanes of at least 4 members (excludes halogenated alkanes) is 4. The molecule has 2 N–H and O–H groups in total. The normalized spacial score (nSPS) is 10.6. The lowest BCUT2D eigenvalue weighted by Gasteiger charge is -2.11. The van der Waals surface area contributed by atoms with Gasteiger partial charge < -0.3 is 19.7 Å². The fourth-order valence-corrected chi connectivity index (χ4v) is 2.78. The molecule has 2 rings (SSSR count). The van der Waals surface area contributed by atoms with Gasteiger partial charge in [-0.25, -0.2) is 0 Å². The third kappa shape index (κ3) is 6.19. The predicted molar refractivity (Wildman–Crippen MR) is 110 cm³/mol. The molecule has 5 heteroatoms. The Morgan fingerprint density at radius 1 is 0.750 bits per heavy atom. The van der Waals surface area contributed by atoms with Gasteiger partial charge in [-0.2, -0.15) is 0 Å². The molecule has 0 radical (unpaired) electrons. The number of carbonyl (C=O) groups excluding carboxylic acids is 1. The van der Waals surface area contributed by atoms with Crippen LogP contribution in [0.2, 0.25) is 0 Å². The van der Waals surface area contributed by atoms with E-state index in [4.69, 9.17) is 9.47 Å². The highest BCUT2D eigenvalue weighted by Gasteiger charge is 2.15. The zero-order valence-electron chi connectivity index (χ0n) is 16.7. The maximum atomic E-state index is 12.9. The third-order valence-corrected chi connectivity index (χ3v) is 4.45. The first-order valence-corrected chi connectivity index (χ1v) is 10.0. The minimum atomic E-state index is -0.225. The second-order valence-electron chi connectivity index (χ2n) is 6.81. The zero-order chi connectivity index (χ0) is 20.4. The van der Waals surface area contributed by atoms with Crippen molar-refractivity contribution < 1.29 is 24.5 Å². The van der Waals surface area contributed by atoms with Gasteiger partial charge in [0.2, 0.25) is 0 Å². The number of hydrogen-bond donors (Lipinski definition) is 2. The van der Waals surface area contributed by atoms with E-state index in [9.17, 15) is 15.0 Å². The van der Waals surface area contributed by atoms with Crippen molar-refractivity contribution in [2.75, 3.05) is 13.2 Å². The molecule has 0 saturated heterocycles. The number of aromatic hydroxyl groups is 2. The Kier molecular flexibility index (Phi) is 8.66. The summed E-state index contributed by atoms with van der Waals surface area (Å²) in [5.74, 6) is 0.405. The van der Waals surface area contributed by atoms with Crippen molar-refractivity contribution in [2.45, 2.75) is 52.4 Å². The molecule has 0 heterocycles. The number of phenolic OH excluding ortho intramolecular Hbond substituents is 2. The molecule has 0 aromatic heterocycles. The first-order valence-electron chi connectivity index (χ1n) is 10.0. The van der Waals surface area contributed by atoms with Crippen LogP contribution in [0.25, 0.3) is 0 Å². The van der Waals surface area contributed by atoms with Crippen LogP contribution in [0.1, 0.15) is 68.3 Å². The van der Waals surface area contributed by atoms with Crippen LogP contribution in [0, 0.1) is 0 Å².